The first-order valence-electron chi connectivity index (χ1n) is 13.0. The smallest absolute Gasteiger partial charge is 0.00531 e. The fourth-order valence-corrected chi connectivity index (χ4v) is 7.00. The lowest BCUT2D eigenvalue weighted by Crippen LogP contribution is -2.25. The highest BCUT2D eigenvalue weighted by molar-refractivity contribution is 5.08. The fraction of sp³-hybridized carbons (Fsp3) is 0.857. The molecule has 0 spiro atoms. The normalized spacial score (nSPS) is 45.4. The van der Waals surface area contributed by atoms with E-state index in [0.717, 1.165) is 47.3 Å². The van der Waals surface area contributed by atoms with Gasteiger partial charge in [-0.15, -0.1) is 0 Å². The third-order valence-corrected chi connectivity index (χ3v) is 9.28. The van der Waals surface area contributed by atoms with Crippen LogP contribution in [0.1, 0.15) is 104 Å². The van der Waals surface area contributed by atoms with Gasteiger partial charge in [-0.25, -0.2) is 0 Å². The van der Waals surface area contributed by atoms with Crippen LogP contribution in [0.4, 0.5) is 0 Å². The van der Waals surface area contributed by atoms with Crippen LogP contribution in [0.3, 0.4) is 0 Å². The van der Waals surface area contributed by atoms with Gasteiger partial charge in [-0.2, -0.15) is 0 Å². The predicted molar refractivity (Wildman–Crippen MR) is 122 cm³/mol. The first-order chi connectivity index (χ1) is 13.7. The van der Waals surface area contributed by atoms with E-state index in [1.165, 1.54) is 89.9 Å². The van der Waals surface area contributed by atoms with Crippen molar-refractivity contribution in [3.63, 3.8) is 0 Å². The molecule has 4 rings (SSSR count). The Morgan fingerprint density at radius 3 is 1.57 bits per heavy atom. The molecule has 0 N–H and O–H groups in total. The van der Waals surface area contributed by atoms with Crippen LogP contribution in [-0.2, 0) is 0 Å². The third-order valence-electron chi connectivity index (χ3n) is 9.28. The molecule has 28 heavy (non-hydrogen) atoms. The summed E-state index contributed by atoms with van der Waals surface area (Å²) < 4.78 is 0. The SMILES string of the molecule is CC1CCC(C2C=CC(/C=C/C3CCC(C4CCC(C)CC4)CC3)CC2)CC1. The molecule has 0 nitrogen and oxygen atoms in total. The van der Waals surface area contributed by atoms with Gasteiger partial charge in [0, 0.05) is 0 Å². The second-order valence-corrected chi connectivity index (χ2v) is 11.4. The Bertz CT molecular complexity index is 504. The van der Waals surface area contributed by atoms with Crippen molar-refractivity contribution in [1.82, 2.24) is 0 Å². The summed E-state index contributed by atoms with van der Waals surface area (Å²) in [5, 5.41) is 0. The van der Waals surface area contributed by atoms with Gasteiger partial charge in [-0.3, -0.25) is 0 Å². The largest absolute Gasteiger partial charge is 0.0848 e. The Morgan fingerprint density at radius 2 is 1.04 bits per heavy atom. The Kier molecular flexibility index (Phi) is 7.40. The molecule has 0 aromatic carbocycles. The zero-order chi connectivity index (χ0) is 19.3. The van der Waals surface area contributed by atoms with Gasteiger partial charge in [0.1, 0.15) is 0 Å². The van der Waals surface area contributed by atoms with E-state index < -0.39 is 0 Å². The van der Waals surface area contributed by atoms with Crippen LogP contribution in [-0.4, -0.2) is 0 Å². The van der Waals surface area contributed by atoms with E-state index in [1.54, 1.807) is 0 Å². The molecule has 2 atom stereocenters. The van der Waals surface area contributed by atoms with Crippen LogP contribution in [0.25, 0.3) is 0 Å². The second kappa shape index (κ2) is 9.99. The van der Waals surface area contributed by atoms with Gasteiger partial charge in [0.15, 0.2) is 0 Å². The van der Waals surface area contributed by atoms with Gasteiger partial charge in [0.2, 0.25) is 0 Å². The molecule has 4 aliphatic carbocycles. The zero-order valence-corrected chi connectivity index (χ0v) is 18.8. The molecule has 0 heteroatoms. The Hall–Kier alpha value is -0.520. The van der Waals surface area contributed by atoms with Crippen LogP contribution in [0.2, 0.25) is 0 Å². The molecule has 0 bridgehead atoms. The van der Waals surface area contributed by atoms with Crippen LogP contribution < -0.4 is 0 Å². The maximum Gasteiger partial charge on any atom is -0.00531 e. The molecule has 158 valence electrons. The Morgan fingerprint density at radius 1 is 0.500 bits per heavy atom. The van der Waals surface area contributed by atoms with E-state index in [-0.39, 0.29) is 0 Å². The van der Waals surface area contributed by atoms with E-state index in [0.29, 0.717) is 0 Å². The minimum Gasteiger partial charge on any atom is -0.0848 e. The molecule has 0 radical (unpaired) electrons. The molecule has 0 aliphatic heterocycles. The van der Waals surface area contributed by atoms with Gasteiger partial charge in [0.05, 0.1) is 0 Å². The summed E-state index contributed by atoms with van der Waals surface area (Å²) in [5.74, 6) is 7.62. The minimum absolute atomic E-state index is 0.733. The van der Waals surface area contributed by atoms with Crippen LogP contribution in [0, 0.1) is 47.3 Å². The van der Waals surface area contributed by atoms with Gasteiger partial charge in [-0.1, -0.05) is 63.8 Å². The van der Waals surface area contributed by atoms with Crippen LogP contribution in [0.15, 0.2) is 24.3 Å². The molecule has 0 saturated heterocycles. The quantitative estimate of drug-likeness (QED) is 0.427. The molecule has 0 amide bonds. The standard InChI is InChI=1S/C28H46/c1-21-3-13-25(14-4-21)27-17-9-23(10-18-27)7-8-24-11-19-28(20-12-24)26-15-5-22(2)6-16-26/h7-9,17,21-28H,3-6,10-16,18-20H2,1-2H3/b8-7+. The highest BCUT2D eigenvalue weighted by Gasteiger charge is 2.30. The summed E-state index contributed by atoms with van der Waals surface area (Å²) in [6.07, 6.45) is 31.2. The average molecular weight is 383 g/mol. The fourth-order valence-electron chi connectivity index (χ4n) is 7.00. The van der Waals surface area contributed by atoms with Gasteiger partial charge in [0.25, 0.3) is 0 Å². The highest BCUT2D eigenvalue weighted by atomic mass is 14.4. The lowest BCUT2D eigenvalue weighted by atomic mass is 9.69. The van der Waals surface area contributed by atoms with Gasteiger partial charge >= 0.3 is 0 Å². The van der Waals surface area contributed by atoms with E-state index in [9.17, 15) is 0 Å². The molecule has 3 fully saturated rings. The van der Waals surface area contributed by atoms with Crippen molar-refractivity contribution in [1.29, 1.82) is 0 Å². The van der Waals surface area contributed by atoms with Crippen molar-refractivity contribution in [2.75, 3.05) is 0 Å². The minimum atomic E-state index is 0.733. The molecule has 0 aromatic heterocycles. The summed E-state index contributed by atoms with van der Waals surface area (Å²) in [7, 11) is 0. The Labute approximate surface area is 175 Å². The molecular weight excluding hydrogens is 336 g/mol. The third kappa shape index (κ3) is 5.54. The monoisotopic (exact) mass is 382 g/mol. The Balaban J connectivity index is 1.18. The second-order valence-electron chi connectivity index (χ2n) is 11.4. The summed E-state index contributed by atoms with van der Waals surface area (Å²) in [4.78, 5) is 0. The first kappa shape index (κ1) is 20.7. The van der Waals surface area contributed by atoms with Crippen molar-refractivity contribution in [2.45, 2.75) is 104 Å². The van der Waals surface area contributed by atoms with Crippen molar-refractivity contribution >= 4 is 0 Å². The van der Waals surface area contributed by atoms with Crippen LogP contribution in [0.5, 0.6) is 0 Å². The topological polar surface area (TPSA) is 0 Å². The average Bonchev–Trinajstić information content (AvgIpc) is 2.74. The number of allylic oxidation sites excluding steroid dienone is 4. The molecule has 4 aliphatic rings. The van der Waals surface area contributed by atoms with E-state index in [4.69, 9.17) is 0 Å². The molecule has 3 saturated carbocycles. The van der Waals surface area contributed by atoms with Crippen LogP contribution >= 0.6 is 0 Å². The maximum atomic E-state index is 2.62. The lowest BCUT2D eigenvalue weighted by molar-refractivity contribution is 0.160. The van der Waals surface area contributed by atoms with Crippen molar-refractivity contribution in [3.05, 3.63) is 24.3 Å². The van der Waals surface area contributed by atoms with Gasteiger partial charge < -0.3 is 0 Å². The van der Waals surface area contributed by atoms with Gasteiger partial charge in [-0.05, 0) is 112 Å². The molecule has 2 unspecified atom stereocenters. The molecular formula is C28H46. The number of hydrogen-bond donors (Lipinski definition) is 0. The van der Waals surface area contributed by atoms with E-state index in [1.807, 2.05) is 0 Å². The lowest BCUT2D eigenvalue weighted by Gasteiger charge is -2.36. The first-order valence-corrected chi connectivity index (χ1v) is 13.0. The molecule has 0 aromatic rings. The summed E-state index contributed by atoms with van der Waals surface area (Å²) in [6, 6.07) is 0. The highest BCUT2D eigenvalue weighted by Crippen LogP contribution is 2.42. The van der Waals surface area contributed by atoms with E-state index in [2.05, 4.69) is 38.2 Å². The van der Waals surface area contributed by atoms with Crippen molar-refractivity contribution in [2.24, 2.45) is 47.3 Å². The maximum absolute atomic E-state index is 2.62. The summed E-state index contributed by atoms with van der Waals surface area (Å²) in [5.41, 5.74) is 0. The van der Waals surface area contributed by atoms with E-state index >= 15 is 0 Å². The summed E-state index contributed by atoms with van der Waals surface area (Å²) >= 11 is 0. The molecule has 0 heterocycles. The zero-order valence-electron chi connectivity index (χ0n) is 18.8. The number of rotatable bonds is 4. The van der Waals surface area contributed by atoms with Crippen molar-refractivity contribution in [3.8, 4) is 0 Å². The van der Waals surface area contributed by atoms with Crippen molar-refractivity contribution < 1.29 is 0 Å². The number of hydrogen-bond acceptors (Lipinski definition) is 0. The predicted octanol–water partition coefficient (Wildman–Crippen LogP) is 8.58. The summed E-state index contributed by atoms with van der Waals surface area (Å²) in [6.45, 7) is 4.90.